The van der Waals surface area contributed by atoms with Gasteiger partial charge in [-0.25, -0.2) is 0 Å². The Balaban J connectivity index is 2.29. The van der Waals surface area contributed by atoms with Gasteiger partial charge in [0.25, 0.3) is 0 Å². The van der Waals surface area contributed by atoms with E-state index in [4.69, 9.17) is 0 Å². The van der Waals surface area contributed by atoms with Crippen LogP contribution in [0, 0.1) is 6.92 Å². The second kappa shape index (κ2) is 5.72. The lowest BCUT2D eigenvalue weighted by molar-refractivity contribution is 0.690. The van der Waals surface area contributed by atoms with Crippen LogP contribution in [-0.2, 0) is 0 Å². The number of rotatable bonds is 4. The van der Waals surface area contributed by atoms with Gasteiger partial charge in [-0.15, -0.1) is 0 Å². The van der Waals surface area contributed by atoms with Gasteiger partial charge in [0, 0.05) is 12.2 Å². The smallest absolute Gasteiger partial charge is 0.0514 e. The zero-order valence-corrected chi connectivity index (χ0v) is 11.4. The van der Waals surface area contributed by atoms with Gasteiger partial charge in [0.2, 0.25) is 0 Å². The third kappa shape index (κ3) is 2.73. The van der Waals surface area contributed by atoms with Crippen molar-refractivity contribution >= 4 is 5.69 Å². The van der Waals surface area contributed by atoms with Crippen molar-refractivity contribution in [3.8, 4) is 0 Å². The summed E-state index contributed by atoms with van der Waals surface area (Å²) in [5.74, 6) is 0. The fraction of sp³-hybridized carbons (Fsp3) is 0.294. The fourth-order valence-electron chi connectivity index (χ4n) is 2.40. The topological polar surface area (TPSA) is 3.24 Å². The molecule has 0 bridgehead atoms. The molecule has 0 saturated carbocycles. The normalized spacial score (nSPS) is 12.2. The minimum absolute atomic E-state index is 0.401. The van der Waals surface area contributed by atoms with Gasteiger partial charge in [0.1, 0.15) is 0 Å². The Labute approximate surface area is 110 Å². The summed E-state index contributed by atoms with van der Waals surface area (Å²) in [5.41, 5.74) is 3.97. The molecule has 1 unspecified atom stereocenters. The van der Waals surface area contributed by atoms with Crippen LogP contribution in [0.1, 0.15) is 31.0 Å². The quantitative estimate of drug-likeness (QED) is 0.754. The first-order chi connectivity index (χ1) is 8.72. The third-order valence-corrected chi connectivity index (χ3v) is 3.42. The molecule has 0 fully saturated rings. The van der Waals surface area contributed by atoms with Crippen LogP contribution in [0.25, 0.3) is 0 Å². The van der Waals surface area contributed by atoms with Crippen LogP contribution in [0.3, 0.4) is 0 Å². The predicted molar refractivity (Wildman–Crippen MR) is 79.1 cm³/mol. The molecule has 0 aliphatic rings. The van der Waals surface area contributed by atoms with Gasteiger partial charge in [0.05, 0.1) is 6.04 Å². The molecule has 2 aromatic carbocycles. The zero-order chi connectivity index (χ0) is 13.0. The molecular weight excluding hydrogens is 218 g/mol. The second-order valence-electron chi connectivity index (χ2n) is 4.71. The van der Waals surface area contributed by atoms with E-state index < -0.39 is 0 Å². The Morgan fingerprint density at radius 2 is 1.72 bits per heavy atom. The molecule has 1 nitrogen and oxygen atoms in total. The largest absolute Gasteiger partial charge is 0.365 e. The van der Waals surface area contributed by atoms with Crippen LogP contribution in [0.4, 0.5) is 5.69 Å². The molecule has 0 aliphatic carbocycles. The lowest BCUT2D eigenvalue weighted by Crippen LogP contribution is -2.26. The van der Waals surface area contributed by atoms with E-state index in [1.165, 1.54) is 16.8 Å². The highest BCUT2D eigenvalue weighted by molar-refractivity contribution is 5.50. The second-order valence-corrected chi connectivity index (χ2v) is 4.71. The number of nitrogens with zero attached hydrogens (tertiary/aromatic N) is 1. The summed E-state index contributed by atoms with van der Waals surface area (Å²) in [6.45, 7) is 7.63. The van der Waals surface area contributed by atoms with Crippen LogP contribution in [0.2, 0.25) is 0 Å². The number of anilines is 1. The van der Waals surface area contributed by atoms with Crippen molar-refractivity contribution in [3.63, 3.8) is 0 Å². The van der Waals surface area contributed by atoms with Crippen LogP contribution in [-0.4, -0.2) is 6.54 Å². The van der Waals surface area contributed by atoms with E-state index in [-0.39, 0.29) is 0 Å². The standard InChI is InChI=1S/C17H21N/c1-4-18(17-12-8-9-14(2)13-17)15(3)16-10-6-5-7-11-16/h5-13,15H,4H2,1-3H3. The molecule has 0 N–H and O–H groups in total. The molecular formula is C17H21N. The minimum Gasteiger partial charge on any atom is -0.365 e. The third-order valence-electron chi connectivity index (χ3n) is 3.42. The molecule has 0 spiro atoms. The number of benzene rings is 2. The molecule has 94 valence electrons. The van der Waals surface area contributed by atoms with Crippen molar-refractivity contribution in [2.45, 2.75) is 26.8 Å². The van der Waals surface area contributed by atoms with Gasteiger partial charge in [-0.1, -0.05) is 42.5 Å². The number of hydrogen-bond donors (Lipinski definition) is 0. The van der Waals surface area contributed by atoms with Gasteiger partial charge < -0.3 is 4.90 Å². The van der Waals surface area contributed by atoms with Crippen LogP contribution < -0.4 is 4.90 Å². The van der Waals surface area contributed by atoms with Gasteiger partial charge in [-0.05, 0) is 44.0 Å². The molecule has 0 saturated heterocycles. The van der Waals surface area contributed by atoms with Crippen LogP contribution in [0.15, 0.2) is 54.6 Å². The maximum absolute atomic E-state index is 2.43. The summed E-state index contributed by atoms with van der Waals surface area (Å²) >= 11 is 0. The molecule has 0 radical (unpaired) electrons. The predicted octanol–water partition coefficient (Wildman–Crippen LogP) is 4.58. The molecule has 1 atom stereocenters. The summed E-state index contributed by atoms with van der Waals surface area (Å²) in [7, 11) is 0. The summed E-state index contributed by atoms with van der Waals surface area (Å²) < 4.78 is 0. The van der Waals surface area contributed by atoms with E-state index >= 15 is 0 Å². The van der Waals surface area contributed by atoms with Crippen molar-refractivity contribution in [2.24, 2.45) is 0 Å². The first kappa shape index (κ1) is 12.7. The zero-order valence-electron chi connectivity index (χ0n) is 11.4. The Morgan fingerprint density at radius 1 is 1.00 bits per heavy atom. The fourth-order valence-corrected chi connectivity index (χ4v) is 2.40. The van der Waals surface area contributed by atoms with Crippen molar-refractivity contribution in [2.75, 3.05) is 11.4 Å². The van der Waals surface area contributed by atoms with Crippen molar-refractivity contribution in [3.05, 3.63) is 65.7 Å². The van der Waals surface area contributed by atoms with Gasteiger partial charge in [-0.3, -0.25) is 0 Å². The Morgan fingerprint density at radius 3 is 2.33 bits per heavy atom. The molecule has 0 aromatic heterocycles. The SMILES string of the molecule is CCN(c1cccc(C)c1)C(C)c1ccccc1. The molecule has 2 rings (SSSR count). The minimum atomic E-state index is 0.401. The van der Waals surface area contributed by atoms with E-state index in [1.807, 2.05) is 0 Å². The average molecular weight is 239 g/mol. The van der Waals surface area contributed by atoms with E-state index in [0.29, 0.717) is 6.04 Å². The Bertz CT molecular complexity index is 490. The van der Waals surface area contributed by atoms with E-state index in [2.05, 4.69) is 80.3 Å². The number of hydrogen-bond acceptors (Lipinski definition) is 1. The highest BCUT2D eigenvalue weighted by Gasteiger charge is 2.14. The Kier molecular flexibility index (Phi) is 4.03. The maximum atomic E-state index is 2.43. The molecule has 2 aromatic rings. The highest BCUT2D eigenvalue weighted by Crippen LogP contribution is 2.26. The van der Waals surface area contributed by atoms with E-state index in [9.17, 15) is 0 Å². The molecule has 0 amide bonds. The average Bonchev–Trinajstić information content (AvgIpc) is 2.40. The molecule has 18 heavy (non-hydrogen) atoms. The molecule has 1 heteroatoms. The first-order valence-corrected chi connectivity index (χ1v) is 6.60. The lowest BCUT2D eigenvalue weighted by atomic mass is 10.1. The van der Waals surface area contributed by atoms with Crippen LogP contribution in [0.5, 0.6) is 0 Å². The van der Waals surface area contributed by atoms with Gasteiger partial charge in [-0.2, -0.15) is 0 Å². The first-order valence-electron chi connectivity index (χ1n) is 6.60. The van der Waals surface area contributed by atoms with Gasteiger partial charge >= 0.3 is 0 Å². The summed E-state index contributed by atoms with van der Waals surface area (Å²) in [5, 5.41) is 0. The maximum Gasteiger partial charge on any atom is 0.0514 e. The number of aryl methyl sites for hydroxylation is 1. The van der Waals surface area contributed by atoms with E-state index in [1.54, 1.807) is 0 Å². The van der Waals surface area contributed by atoms with Crippen molar-refractivity contribution in [1.82, 2.24) is 0 Å². The monoisotopic (exact) mass is 239 g/mol. The van der Waals surface area contributed by atoms with Gasteiger partial charge in [0.15, 0.2) is 0 Å². The van der Waals surface area contributed by atoms with E-state index in [0.717, 1.165) is 6.54 Å². The van der Waals surface area contributed by atoms with Crippen molar-refractivity contribution < 1.29 is 0 Å². The highest BCUT2D eigenvalue weighted by atomic mass is 15.1. The van der Waals surface area contributed by atoms with Crippen molar-refractivity contribution in [1.29, 1.82) is 0 Å². The molecule has 0 aliphatic heterocycles. The summed E-state index contributed by atoms with van der Waals surface area (Å²) in [6.07, 6.45) is 0. The Hall–Kier alpha value is -1.76. The molecule has 0 heterocycles. The lowest BCUT2D eigenvalue weighted by Gasteiger charge is -2.30. The van der Waals surface area contributed by atoms with Crippen LogP contribution >= 0.6 is 0 Å². The summed E-state index contributed by atoms with van der Waals surface area (Å²) in [6, 6.07) is 19.8. The summed E-state index contributed by atoms with van der Waals surface area (Å²) in [4.78, 5) is 2.43.